The Balaban J connectivity index is 1.48. The summed E-state index contributed by atoms with van der Waals surface area (Å²) >= 11 is 0. The summed E-state index contributed by atoms with van der Waals surface area (Å²) in [5, 5.41) is 2.71. The van der Waals surface area contributed by atoms with E-state index in [-0.39, 0.29) is 18.4 Å². The summed E-state index contributed by atoms with van der Waals surface area (Å²) in [7, 11) is 0. The van der Waals surface area contributed by atoms with E-state index < -0.39 is 11.9 Å². The van der Waals surface area contributed by atoms with Gasteiger partial charge in [-0.3, -0.25) is 9.59 Å². The monoisotopic (exact) mass is 397 g/mol. The van der Waals surface area contributed by atoms with Crippen molar-refractivity contribution in [1.29, 1.82) is 0 Å². The van der Waals surface area contributed by atoms with Crippen molar-refractivity contribution in [3.8, 4) is 5.75 Å². The number of ether oxygens (including phenoxy) is 1. The zero-order valence-electron chi connectivity index (χ0n) is 16.1. The highest BCUT2D eigenvalue weighted by molar-refractivity contribution is 5.95. The number of hydrogen-bond acceptors (Lipinski definition) is 4. The second-order valence-electron chi connectivity index (χ2n) is 7.40. The first kappa shape index (κ1) is 19.2. The van der Waals surface area contributed by atoms with Crippen LogP contribution in [0.5, 0.6) is 5.75 Å². The largest absolute Gasteiger partial charge is 0.477 e. The molecule has 2 aromatic rings. The van der Waals surface area contributed by atoms with Gasteiger partial charge in [0.25, 0.3) is 5.91 Å². The second-order valence-corrected chi connectivity index (χ2v) is 7.40. The number of halogens is 1. The lowest BCUT2D eigenvalue weighted by Crippen LogP contribution is -2.52. The van der Waals surface area contributed by atoms with E-state index in [9.17, 15) is 14.0 Å². The van der Waals surface area contributed by atoms with Gasteiger partial charge in [0.05, 0.1) is 18.8 Å². The average Bonchev–Trinajstić information content (AvgIpc) is 2.73. The van der Waals surface area contributed by atoms with E-state index >= 15 is 0 Å². The molecule has 0 bridgehead atoms. The number of para-hydroxylation sites is 2. The van der Waals surface area contributed by atoms with Crippen LogP contribution in [0.4, 0.5) is 15.8 Å². The molecular formula is C22H24FN3O3. The predicted molar refractivity (Wildman–Crippen MR) is 109 cm³/mol. The Hall–Kier alpha value is -3.09. The summed E-state index contributed by atoms with van der Waals surface area (Å²) in [6.07, 6.45) is 2.51. The maximum absolute atomic E-state index is 13.4. The first-order chi connectivity index (χ1) is 14.1. The number of carbonyl (C=O) groups excluding carboxylic acids is 2. The molecule has 0 radical (unpaired) electrons. The number of piperidine rings is 1. The van der Waals surface area contributed by atoms with E-state index in [4.69, 9.17) is 4.74 Å². The Morgan fingerprint density at radius 1 is 1.07 bits per heavy atom. The summed E-state index contributed by atoms with van der Waals surface area (Å²) in [5.41, 5.74) is 1.17. The summed E-state index contributed by atoms with van der Waals surface area (Å²) in [6, 6.07) is 13.2. The van der Waals surface area contributed by atoms with Gasteiger partial charge in [-0.05, 0) is 49.6 Å². The van der Waals surface area contributed by atoms with Crippen LogP contribution in [0, 0.1) is 5.82 Å². The van der Waals surface area contributed by atoms with Crippen molar-refractivity contribution in [2.75, 3.05) is 36.4 Å². The molecule has 152 valence electrons. The molecule has 7 heteroatoms. The van der Waals surface area contributed by atoms with Gasteiger partial charge in [-0.1, -0.05) is 18.2 Å². The third-order valence-corrected chi connectivity index (χ3v) is 5.25. The zero-order chi connectivity index (χ0) is 20.2. The van der Waals surface area contributed by atoms with E-state index in [0.717, 1.165) is 38.0 Å². The Kier molecular flexibility index (Phi) is 5.64. The molecule has 2 amide bonds. The number of rotatable bonds is 4. The van der Waals surface area contributed by atoms with E-state index in [1.807, 2.05) is 34.1 Å². The van der Waals surface area contributed by atoms with Crippen LogP contribution in [-0.4, -0.2) is 49.0 Å². The normalized spacial score (nSPS) is 18.6. The molecule has 2 heterocycles. The Morgan fingerprint density at radius 2 is 1.86 bits per heavy atom. The van der Waals surface area contributed by atoms with Crippen LogP contribution < -0.4 is 15.0 Å². The molecule has 0 spiro atoms. The minimum absolute atomic E-state index is 0.0326. The maximum atomic E-state index is 13.4. The third-order valence-electron chi connectivity index (χ3n) is 5.25. The van der Waals surface area contributed by atoms with Crippen molar-refractivity contribution >= 4 is 23.2 Å². The molecule has 1 fully saturated rings. The number of nitrogens with one attached hydrogen (secondary N) is 1. The number of amides is 2. The number of likely N-dealkylation sites (tertiary alicyclic amines) is 1. The topological polar surface area (TPSA) is 61.9 Å². The smallest absolute Gasteiger partial charge is 0.265 e. The van der Waals surface area contributed by atoms with Crippen molar-refractivity contribution < 1.29 is 18.7 Å². The lowest BCUT2D eigenvalue weighted by Gasteiger charge is -2.38. The lowest BCUT2D eigenvalue weighted by atomic mass is 10.1. The van der Waals surface area contributed by atoms with Crippen molar-refractivity contribution in [2.24, 2.45) is 0 Å². The van der Waals surface area contributed by atoms with Crippen molar-refractivity contribution in [1.82, 2.24) is 4.90 Å². The van der Waals surface area contributed by atoms with Gasteiger partial charge in [-0.2, -0.15) is 0 Å². The van der Waals surface area contributed by atoms with Crippen molar-refractivity contribution in [3.05, 3.63) is 54.3 Å². The number of carbonyl (C=O) groups is 2. The summed E-state index contributed by atoms with van der Waals surface area (Å²) in [4.78, 5) is 29.2. The quantitative estimate of drug-likeness (QED) is 0.862. The highest BCUT2D eigenvalue weighted by atomic mass is 19.1. The molecule has 1 atom stereocenters. The van der Waals surface area contributed by atoms with Gasteiger partial charge in [0.1, 0.15) is 11.6 Å². The van der Waals surface area contributed by atoms with E-state index in [1.165, 1.54) is 12.1 Å². The fraction of sp³-hybridized carbons (Fsp3) is 0.364. The van der Waals surface area contributed by atoms with Gasteiger partial charge >= 0.3 is 0 Å². The summed E-state index contributed by atoms with van der Waals surface area (Å²) < 4.78 is 19.3. The van der Waals surface area contributed by atoms with Gasteiger partial charge < -0.3 is 19.9 Å². The molecule has 29 heavy (non-hydrogen) atoms. The molecule has 1 saturated heterocycles. The Bertz CT molecular complexity index is 898. The van der Waals surface area contributed by atoms with Crippen LogP contribution in [-0.2, 0) is 9.59 Å². The fourth-order valence-electron chi connectivity index (χ4n) is 3.84. The summed E-state index contributed by atoms with van der Waals surface area (Å²) in [6.45, 7) is 1.84. The number of nitrogens with zero attached hydrogens (tertiary/aromatic N) is 2. The van der Waals surface area contributed by atoms with Crippen molar-refractivity contribution in [2.45, 2.75) is 25.4 Å². The standard InChI is InChI=1S/C22H24FN3O3/c23-16-7-6-8-17(13-16)24-21(27)15-26-14-20(22(28)25-11-4-1-5-12-25)29-19-10-3-2-9-18(19)26/h2-3,6-10,13,20H,1,4-5,11-12,14-15H2,(H,24,27). The maximum Gasteiger partial charge on any atom is 0.265 e. The number of benzene rings is 2. The molecule has 1 unspecified atom stereocenters. The molecule has 0 aromatic heterocycles. The highest BCUT2D eigenvalue weighted by Gasteiger charge is 2.34. The van der Waals surface area contributed by atoms with Crippen LogP contribution in [0.1, 0.15) is 19.3 Å². The summed E-state index contributed by atoms with van der Waals surface area (Å²) in [5.74, 6) is -0.134. The van der Waals surface area contributed by atoms with E-state index in [2.05, 4.69) is 5.32 Å². The molecule has 4 rings (SSSR count). The van der Waals surface area contributed by atoms with E-state index in [0.29, 0.717) is 18.0 Å². The van der Waals surface area contributed by atoms with Crippen LogP contribution in [0.3, 0.4) is 0 Å². The van der Waals surface area contributed by atoms with E-state index in [1.54, 1.807) is 12.1 Å². The average molecular weight is 397 g/mol. The molecular weight excluding hydrogens is 373 g/mol. The molecule has 2 aliphatic rings. The molecule has 6 nitrogen and oxygen atoms in total. The fourth-order valence-corrected chi connectivity index (χ4v) is 3.84. The SMILES string of the molecule is O=C(CN1CC(C(=O)N2CCCCC2)Oc2ccccc21)Nc1cccc(F)c1. The van der Waals surface area contributed by atoms with Gasteiger partial charge in [-0.15, -0.1) is 0 Å². The van der Waals surface area contributed by atoms with Crippen molar-refractivity contribution in [3.63, 3.8) is 0 Å². The van der Waals surface area contributed by atoms with Gasteiger partial charge in [0.15, 0.2) is 6.10 Å². The van der Waals surface area contributed by atoms with Crippen LogP contribution in [0.15, 0.2) is 48.5 Å². The lowest BCUT2D eigenvalue weighted by molar-refractivity contribution is -0.139. The first-order valence-corrected chi connectivity index (χ1v) is 9.95. The van der Waals surface area contributed by atoms with Gasteiger partial charge in [0, 0.05) is 18.8 Å². The third kappa shape index (κ3) is 4.50. The van der Waals surface area contributed by atoms with Crippen LogP contribution >= 0.6 is 0 Å². The molecule has 0 aliphatic carbocycles. The molecule has 2 aliphatic heterocycles. The molecule has 2 aromatic carbocycles. The zero-order valence-corrected chi connectivity index (χ0v) is 16.1. The second kappa shape index (κ2) is 8.51. The number of hydrogen-bond donors (Lipinski definition) is 1. The Morgan fingerprint density at radius 3 is 2.66 bits per heavy atom. The molecule has 1 N–H and O–H groups in total. The van der Waals surface area contributed by atoms with Crippen LogP contribution in [0.2, 0.25) is 0 Å². The molecule has 0 saturated carbocycles. The van der Waals surface area contributed by atoms with Gasteiger partial charge in [0.2, 0.25) is 5.91 Å². The minimum Gasteiger partial charge on any atom is -0.477 e. The minimum atomic E-state index is -0.648. The highest BCUT2D eigenvalue weighted by Crippen LogP contribution is 2.33. The van der Waals surface area contributed by atoms with Crippen LogP contribution in [0.25, 0.3) is 0 Å². The Labute approximate surface area is 169 Å². The predicted octanol–water partition coefficient (Wildman–Crippen LogP) is 3.04. The number of anilines is 2. The number of fused-ring (bicyclic) bond motifs is 1. The van der Waals surface area contributed by atoms with Gasteiger partial charge in [-0.25, -0.2) is 4.39 Å². The first-order valence-electron chi connectivity index (χ1n) is 9.95.